The number of nitrogens with zero attached hydrogens (tertiary/aromatic N) is 4. The average Bonchev–Trinajstić information content (AvgIpc) is 3.13. The number of imidazole rings is 1. The Hall–Kier alpha value is -2.48. The summed E-state index contributed by atoms with van der Waals surface area (Å²) in [5.41, 5.74) is 1.30. The van der Waals surface area contributed by atoms with Gasteiger partial charge in [0.1, 0.15) is 5.82 Å². The Bertz CT molecular complexity index is 809. The van der Waals surface area contributed by atoms with Crippen molar-refractivity contribution < 1.29 is 4.79 Å². The molecule has 1 amide bonds. The van der Waals surface area contributed by atoms with E-state index in [-0.39, 0.29) is 5.91 Å². The fourth-order valence-electron chi connectivity index (χ4n) is 2.01. The third kappa shape index (κ3) is 3.06. The van der Waals surface area contributed by atoms with Gasteiger partial charge in [0.15, 0.2) is 5.82 Å². The van der Waals surface area contributed by atoms with E-state index in [4.69, 9.17) is 0 Å². The Morgan fingerprint density at radius 1 is 1.41 bits per heavy atom. The lowest BCUT2D eigenvalue weighted by atomic mass is 10.2. The van der Waals surface area contributed by atoms with Gasteiger partial charge >= 0.3 is 0 Å². The molecule has 22 heavy (non-hydrogen) atoms. The zero-order chi connectivity index (χ0) is 15.5. The fraction of sp³-hybridized carbons (Fsp3) is 0.143. The predicted octanol–water partition coefficient (Wildman–Crippen LogP) is 1.99. The largest absolute Gasteiger partial charge is 0.346 e. The van der Waals surface area contributed by atoms with Crippen molar-refractivity contribution in [1.29, 1.82) is 0 Å². The summed E-state index contributed by atoms with van der Waals surface area (Å²) >= 11 is 3.33. The number of pyridine rings is 1. The molecule has 0 atom stereocenters. The zero-order valence-corrected chi connectivity index (χ0v) is 13.3. The Labute approximate surface area is 134 Å². The van der Waals surface area contributed by atoms with Gasteiger partial charge < -0.3 is 10.3 Å². The maximum atomic E-state index is 12.4. The molecule has 0 aromatic carbocycles. The molecule has 0 aliphatic rings. The number of aromatic nitrogens is 5. The average molecular weight is 361 g/mol. The first kappa shape index (κ1) is 14.5. The lowest BCUT2D eigenvalue weighted by Crippen LogP contribution is -2.25. The summed E-state index contributed by atoms with van der Waals surface area (Å²) in [6.07, 6.45) is 6.71. The monoisotopic (exact) mass is 360 g/mol. The van der Waals surface area contributed by atoms with Crippen LogP contribution in [0.4, 0.5) is 0 Å². The Morgan fingerprint density at radius 3 is 2.95 bits per heavy atom. The second kappa shape index (κ2) is 6.10. The lowest BCUT2D eigenvalue weighted by molar-refractivity contribution is 0.0950. The van der Waals surface area contributed by atoms with Crippen LogP contribution in [0.3, 0.4) is 0 Å². The third-order valence-electron chi connectivity index (χ3n) is 2.99. The number of aryl methyl sites for hydroxylation is 1. The quantitative estimate of drug-likeness (QED) is 0.744. The minimum Gasteiger partial charge on any atom is -0.346 e. The minimum absolute atomic E-state index is 0.220. The molecule has 0 radical (unpaired) electrons. The van der Waals surface area contributed by atoms with Crippen molar-refractivity contribution in [3.8, 4) is 5.82 Å². The van der Waals surface area contributed by atoms with Gasteiger partial charge in [-0.2, -0.15) is 5.10 Å². The molecule has 0 saturated heterocycles. The van der Waals surface area contributed by atoms with Crippen LogP contribution in [0, 0.1) is 6.92 Å². The first-order valence-electron chi connectivity index (χ1n) is 6.58. The van der Waals surface area contributed by atoms with E-state index in [1.54, 1.807) is 41.6 Å². The molecule has 7 nitrogen and oxygen atoms in total. The number of carbonyl (C=O) groups excluding carboxylic acids is 1. The second-order valence-corrected chi connectivity index (χ2v) is 5.57. The van der Waals surface area contributed by atoms with Gasteiger partial charge in [-0.25, -0.2) is 14.6 Å². The van der Waals surface area contributed by atoms with E-state index >= 15 is 0 Å². The topological polar surface area (TPSA) is 88.5 Å². The van der Waals surface area contributed by atoms with Crippen molar-refractivity contribution in [3.05, 3.63) is 58.5 Å². The first-order valence-corrected chi connectivity index (χ1v) is 7.37. The number of hydrogen-bond acceptors (Lipinski definition) is 4. The lowest BCUT2D eigenvalue weighted by Gasteiger charge is -2.08. The van der Waals surface area contributed by atoms with E-state index in [9.17, 15) is 4.79 Å². The van der Waals surface area contributed by atoms with Gasteiger partial charge in [-0.3, -0.25) is 4.79 Å². The van der Waals surface area contributed by atoms with Crippen molar-refractivity contribution >= 4 is 21.8 Å². The molecule has 3 aromatic rings. The SMILES string of the molecule is Cc1ncc(CNC(=O)c2cccnc2-n2cc(Br)cn2)[nH]1. The van der Waals surface area contributed by atoms with Crippen LogP contribution in [0.5, 0.6) is 0 Å². The molecular weight excluding hydrogens is 348 g/mol. The molecule has 3 rings (SSSR count). The van der Waals surface area contributed by atoms with Crippen LogP contribution in [-0.2, 0) is 6.54 Å². The highest BCUT2D eigenvalue weighted by atomic mass is 79.9. The van der Waals surface area contributed by atoms with Gasteiger partial charge in [0.2, 0.25) is 0 Å². The molecule has 8 heteroatoms. The van der Waals surface area contributed by atoms with Crippen LogP contribution in [0.25, 0.3) is 5.82 Å². The summed E-state index contributed by atoms with van der Waals surface area (Å²) in [7, 11) is 0. The number of H-pyrrole nitrogens is 1. The minimum atomic E-state index is -0.220. The van der Waals surface area contributed by atoms with Crippen LogP contribution < -0.4 is 5.32 Å². The van der Waals surface area contributed by atoms with Crippen molar-refractivity contribution in [2.24, 2.45) is 0 Å². The number of carbonyl (C=O) groups is 1. The van der Waals surface area contributed by atoms with Crippen molar-refractivity contribution in [1.82, 2.24) is 30.0 Å². The number of amides is 1. The molecule has 0 spiro atoms. The summed E-state index contributed by atoms with van der Waals surface area (Å²) in [6, 6.07) is 3.43. The number of hydrogen-bond donors (Lipinski definition) is 2. The molecule has 0 unspecified atom stereocenters. The molecular formula is C14H13BrN6O. The van der Waals surface area contributed by atoms with Crippen LogP contribution in [0.2, 0.25) is 0 Å². The number of aromatic amines is 1. The maximum Gasteiger partial charge on any atom is 0.255 e. The van der Waals surface area contributed by atoms with E-state index in [1.807, 2.05) is 6.92 Å². The standard InChI is InChI=1S/C14H13BrN6O/c1-9-17-6-11(20-9)7-18-14(22)12-3-2-4-16-13(12)21-8-10(15)5-19-21/h2-6,8H,7H2,1H3,(H,17,20)(H,18,22). The van der Waals surface area contributed by atoms with E-state index < -0.39 is 0 Å². The molecule has 2 N–H and O–H groups in total. The van der Waals surface area contributed by atoms with E-state index in [0.29, 0.717) is 17.9 Å². The molecule has 0 saturated carbocycles. The van der Waals surface area contributed by atoms with Crippen LogP contribution in [0.15, 0.2) is 41.4 Å². The number of nitrogens with one attached hydrogen (secondary N) is 2. The second-order valence-electron chi connectivity index (χ2n) is 4.65. The predicted molar refractivity (Wildman–Crippen MR) is 83.6 cm³/mol. The van der Waals surface area contributed by atoms with E-state index in [1.165, 1.54) is 0 Å². The van der Waals surface area contributed by atoms with Crippen molar-refractivity contribution in [2.75, 3.05) is 0 Å². The fourth-order valence-corrected chi connectivity index (χ4v) is 2.29. The maximum absolute atomic E-state index is 12.4. The summed E-state index contributed by atoms with van der Waals surface area (Å²) in [6.45, 7) is 2.23. The van der Waals surface area contributed by atoms with Gasteiger partial charge in [0.25, 0.3) is 5.91 Å². The molecule has 3 heterocycles. The summed E-state index contributed by atoms with van der Waals surface area (Å²) in [5.74, 6) is 1.07. The molecule has 0 bridgehead atoms. The number of halogens is 1. The molecule has 0 aliphatic carbocycles. The Kier molecular flexibility index (Phi) is 4.01. The van der Waals surface area contributed by atoms with Crippen LogP contribution in [0.1, 0.15) is 21.9 Å². The molecule has 3 aromatic heterocycles. The smallest absolute Gasteiger partial charge is 0.255 e. The summed E-state index contributed by atoms with van der Waals surface area (Å²) < 4.78 is 2.37. The first-order chi connectivity index (χ1) is 10.6. The highest BCUT2D eigenvalue weighted by molar-refractivity contribution is 9.10. The Balaban J connectivity index is 1.80. The van der Waals surface area contributed by atoms with E-state index in [0.717, 1.165) is 16.0 Å². The van der Waals surface area contributed by atoms with Crippen molar-refractivity contribution in [2.45, 2.75) is 13.5 Å². The molecule has 0 aliphatic heterocycles. The Morgan fingerprint density at radius 2 is 2.27 bits per heavy atom. The highest BCUT2D eigenvalue weighted by Gasteiger charge is 2.14. The highest BCUT2D eigenvalue weighted by Crippen LogP contribution is 2.14. The third-order valence-corrected chi connectivity index (χ3v) is 3.40. The molecule has 112 valence electrons. The molecule has 0 fully saturated rings. The van der Waals surface area contributed by atoms with E-state index in [2.05, 4.69) is 41.3 Å². The summed E-state index contributed by atoms with van der Waals surface area (Å²) in [5, 5.41) is 7.00. The van der Waals surface area contributed by atoms with Crippen LogP contribution >= 0.6 is 15.9 Å². The number of rotatable bonds is 4. The van der Waals surface area contributed by atoms with Gasteiger partial charge in [-0.1, -0.05) is 0 Å². The van der Waals surface area contributed by atoms with Gasteiger partial charge in [-0.15, -0.1) is 0 Å². The van der Waals surface area contributed by atoms with Crippen LogP contribution in [-0.4, -0.2) is 30.6 Å². The van der Waals surface area contributed by atoms with Gasteiger partial charge in [0, 0.05) is 12.4 Å². The van der Waals surface area contributed by atoms with Crippen molar-refractivity contribution in [3.63, 3.8) is 0 Å². The van der Waals surface area contributed by atoms with Gasteiger partial charge in [-0.05, 0) is 35.0 Å². The summed E-state index contributed by atoms with van der Waals surface area (Å²) in [4.78, 5) is 23.8. The zero-order valence-electron chi connectivity index (χ0n) is 11.7. The normalized spacial score (nSPS) is 10.6. The van der Waals surface area contributed by atoms with Gasteiger partial charge in [0.05, 0.1) is 34.7 Å².